The Bertz CT molecular complexity index is 562. The van der Waals surface area contributed by atoms with Crippen molar-refractivity contribution in [3.63, 3.8) is 0 Å². The molecule has 0 aliphatic carbocycles. The Morgan fingerprint density at radius 2 is 2.19 bits per heavy atom. The van der Waals surface area contributed by atoms with Gasteiger partial charge in [0, 0.05) is 34.2 Å². The molecule has 0 spiro atoms. The first-order valence-corrected chi connectivity index (χ1v) is 5.46. The molecule has 0 bridgehead atoms. The van der Waals surface area contributed by atoms with Gasteiger partial charge < -0.3 is 14.8 Å². The van der Waals surface area contributed by atoms with Crippen molar-refractivity contribution in [1.29, 1.82) is 0 Å². The Kier molecular flexibility index (Phi) is 2.73. The van der Waals surface area contributed by atoms with Gasteiger partial charge in [-0.2, -0.15) is 0 Å². The normalized spacial score (nSPS) is 12.9. The molecule has 0 aliphatic heterocycles. The highest BCUT2D eigenvalue weighted by atomic mass is 79.9. The van der Waals surface area contributed by atoms with Crippen molar-refractivity contribution in [2.45, 2.75) is 6.10 Å². The fourth-order valence-electron chi connectivity index (χ4n) is 1.78. The number of hydrogen-bond acceptors (Lipinski definition) is 2. The van der Waals surface area contributed by atoms with Crippen molar-refractivity contribution in [3.05, 3.63) is 34.4 Å². The molecule has 0 radical (unpaired) electrons. The molecule has 1 heterocycles. The Balaban J connectivity index is 2.76. The number of carbonyl (C=O) groups is 1. The van der Waals surface area contributed by atoms with Gasteiger partial charge in [0.05, 0.1) is 0 Å². The van der Waals surface area contributed by atoms with E-state index in [9.17, 15) is 9.90 Å². The Labute approximate surface area is 100 Å². The topological polar surface area (TPSA) is 62.5 Å². The lowest BCUT2D eigenvalue weighted by molar-refractivity contribution is -0.146. The monoisotopic (exact) mass is 283 g/mol. The number of aliphatic hydroxyl groups is 1. The molecule has 16 heavy (non-hydrogen) atoms. The van der Waals surface area contributed by atoms with Crippen LogP contribution < -0.4 is 0 Å². The number of nitrogens with zero attached hydrogens (tertiary/aromatic N) is 1. The molecule has 1 aromatic carbocycles. The molecule has 0 amide bonds. The van der Waals surface area contributed by atoms with E-state index in [0.717, 1.165) is 15.4 Å². The maximum Gasteiger partial charge on any atom is 0.337 e. The molecule has 0 saturated heterocycles. The number of halogens is 1. The number of carboxylic acid groups (broad SMARTS) is 1. The SMILES string of the molecule is Cn1cc(C(O)C(=O)O)c2c(Br)cccc21. The van der Waals surface area contributed by atoms with Crippen LogP contribution in [0.25, 0.3) is 10.9 Å². The number of aromatic nitrogens is 1. The van der Waals surface area contributed by atoms with Crippen LogP contribution in [-0.4, -0.2) is 20.7 Å². The van der Waals surface area contributed by atoms with Gasteiger partial charge in [-0.3, -0.25) is 0 Å². The molecule has 4 nitrogen and oxygen atoms in total. The minimum Gasteiger partial charge on any atom is -0.479 e. The van der Waals surface area contributed by atoms with Gasteiger partial charge in [-0.25, -0.2) is 4.79 Å². The zero-order valence-electron chi connectivity index (χ0n) is 8.51. The Hall–Kier alpha value is -1.33. The maximum absolute atomic E-state index is 10.8. The molecule has 84 valence electrons. The number of aliphatic hydroxyl groups excluding tert-OH is 1. The smallest absolute Gasteiger partial charge is 0.337 e. The van der Waals surface area contributed by atoms with Crippen LogP contribution in [0.3, 0.4) is 0 Å². The minimum atomic E-state index is -1.50. The quantitative estimate of drug-likeness (QED) is 0.887. The van der Waals surface area contributed by atoms with Gasteiger partial charge in [-0.1, -0.05) is 22.0 Å². The predicted molar refractivity (Wildman–Crippen MR) is 63.2 cm³/mol. The average Bonchev–Trinajstić information content (AvgIpc) is 2.57. The highest BCUT2D eigenvalue weighted by molar-refractivity contribution is 9.10. The van der Waals surface area contributed by atoms with E-state index in [2.05, 4.69) is 15.9 Å². The fraction of sp³-hybridized carbons (Fsp3) is 0.182. The summed E-state index contributed by atoms with van der Waals surface area (Å²) in [6.07, 6.45) is 0.135. The molecule has 1 aromatic heterocycles. The van der Waals surface area contributed by atoms with Crippen LogP contribution in [0.15, 0.2) is 28.9 Å². The fourth-order valence-corrected chi connectivity index (χ4v) is 2.36. The first-order valence-electron chi connectivity index (χ1n) is 4.66. The van der Waals surface area contributed by atoms with E-state index >= 15 is 0 Å². The largest absolute Gasteiger partial charge is 0.479 e. The summed E-state index contributed by atoms with van der Waals surface area (Å²) >= 11 is 3.36. The zero-order valence-corrected chi connectivity index (χ0v) is 10.1. The van der Waals surface area contributed by atoms with Gasteiger partial charge in [-0.05, 0) is 12.1 Å². The van der Waals surface area contributed by atoms with Gasteiger partial charge in [0.1, 0.15) is 0 Å². The van der Waals surface area contributed by atoms with Gasteiger partial charge in [0.15, 0.2) is 6.10 Å². The van der Waals surface area contributed by atoms with Gasteiger partial charge in [-0.15, -0.1) is 0 Å². The summed E-state index contributed by atoms with van der Waals surface area (Å²) in [5, 5.41) is 19.2. The van der Waals surface area contributed by atoms with Crippen molar-refractivity contribution < 1.29 is 15.0 Å². The third-order valence-electron chi connectivity index (χ3n) is 2.52. The summed E-state index contributed by atoms with van der Waals surface area (Å²) < 4.78 is 2.57. The lowest BCUT2D eigenvalue weighted by atomic mass is 10.1. The van der Waals surface area contributed by atoms with E-state index in [1.54, 1.807) is 10.8 Å². The highest BCUT2D eigenvalue weighted by Crippen LogP contribution is 2.32. The number of fused-ring (bicyclic) bond motifs is 1. The second-order valence-electron chi connectivity index (χ2n) is 3.57. The van der Waals surface area contributed by atoms with Crippen molar-refractivity contribution in [1.82, 2.24) is 4.57 Å². The summed E-state index contributed by atoms with van der Waals surface area (Å²) in [5.74, 6) is -1.25. The first kappa shape index (κ1) is 11.2. The number of rotatable bonds is 2. The summed E-state index contributed by atoms with van der Waals surface area (Å²) in [4.78, 5) is 10.8. The lowest BCUT2D eigenvalue weighted by Gasteiger charge is -2.04. The van der Waals surface area contributed by atoms with Crippen molar-refractivity contribution in [3.8, 4) is 0 Å². The molecule has 1 unspecified atom stereocenters. The summed E-state index contributed by atoms with van der Waals surface area (Å²) in [5.41, 5.74) is 1.28. The second-order valence-corrected chi connectivity index (χ2v) is 4.42. The summed E-state index contributed by atoms with van der Waals surface area (Å²) in [7, 11) is 1.81. The molecule has 0 saturated carbocycles. The van der Waals surface area contributed by atoms with Crippen LogP contribution in [0, 0.1) is 0 Å². The Morgan fingerprint density at radius 3 is 2.81 bits per heavy atom. The number of aliphatic carboxylic acids is 1. The molecule has 0 fully saturated rings. The van der Waals surface area contributed by atoms with Crippen molar-refractivity contribution in [2.75, 3.05) is 0 Å². The molecule has 5 heteroatoms. The molecule has 2 rings (SSSR count). The molecule has 1 atom stereocenters. The van der Waals surface area contributed by atoms with E-state index in [1.807, 2.05) is 25.2 Å². The van der Waals surface area contributed by atoms with E-state index in [0.29, 0.717) is 5.56 Å². The summed E-state index contributed by atoms with van der Waals surface area (Å²) in [6, 6.07) is 5.56. The van der Waals surface area contributed by atoms with E-state index in [4.69, 9.17) is 5.11 Å². The second kappa shape index (κ2) is 3.92. The summed E-state index contributed by atoms with van der Waals surface area (Å²) in [6.45, 7) is 0. The molecular formula is C11H10BrNO3. The maximum atomic E-state index is 10.8. The van der Waals surface area contributed by atoms with Crippen LogP contribution in [0.1, 0.15) is 11.7 Å². The third-order valence-corrected chi connectivity index (χ3v) is 3.18. The number of benzene rings is 1. The third kappa shape index (κ3) is 1.62. The van der Waals surface area contributed by atoms with Crippen LogP contribution in [0.5, 0.6) is 0 Å². The molecule has 2 N–H and O–H groups in total. The molecule has 2 aromatic rings. The Morgan fingerprint density at radius 1 is 1.50 bits per heavy atom. The zero-order chi connectivity index (χ0) is 11.9. The van der Waals surface area contributed by atoms with E-state index in [-0.39, 0.29) is 0 Å². The van der Waals surface area contributed by atoms with E-state index < -0.39 is 12.1 Å². The van der Waals surface area contributed by atoms with Gasteiger partial charge in [0.2, 0.25) is 0 Å². The standard InChI is InChI=1S/C11H10BrNO3/c1-13-5-6(10(14)11(15)16)9-7(12)3-2-4-8(9)13/h2-5,10,14H,1H3,(H,15,16). The lowest BCUT2D eigenvalue weighted by Crippen LogP contribution is -2.09. The average molecular weight is 284 g/mol. The van der Waals surface area contributed by atoms with Gasteiger partial charge in [0.25, 0.3) is 0 Å². The molecule has 0 aliphatic rings. The molecular weight excluding hydrogens is 274 g/mol. The van der Waals surface area contributed by atoms with Crippen LogP contribution in [0.4, 0.5) is 0 Å². The van der Waals surface area contributed by atoms with Crippen molar-refractivity contribution >= 4 is 32.8 Å². The van der Waals surface area contributed by atoms with Crippen LogP contribution in [0.2, 0.25) is 0 Å². The number of aryl methyl sites for hydroxylation is 1. The van der Waals surface area contributed by atoms with Gasteiger partial charge >= 0.3 is 5.97 Å². The number of carboxylic acids is 1. The predicted octanol–water partition coefficient (Wildman–Crippen LogP) is 2.06. The van der Waals surface area contributed by atoms with E-state index in [1.165, 1.54) is 0 Å². The highest BCUT2D eigenvalue weighted by Gasteiger charge is 2.22. The number of hydrogen-bond donors (Lipinski definition) is 2. The van der Waals surface area contributed by atoms with Crippen LogP contribution >= 0.6 is 15.9 Å². The minimum absolute atomic E-state index is 0.400. The van der Waals surface area contributed by atoms with Crippen molar-refractivity contribution in [2.24, 2.45) is 7.05 Å². The first-order chi connectivity index (χ1) is 7.52. The van der Waals surface area contributed by atoms with Crippen LogP contribution in [-0.2, 0) is 11.8 Å².